The predicted molar refractivity (Wildman–Crippen MR) is 105 cm³/mol. The molecule has 26 heavy (non-hydrogen) atoms. The maximum atomic E-state index is 12.6. The molecule has 3 rings (SSSR count). The Hall–Kier alpha value is -0.970. The third-order valence-corrected chi connectivity index (χ3v) is 8.59. The summed E-state index contributed by atoms with van der Waals surface area (Å²) in [6, 6.07) is 5.14. The molecule has 6 nitrogen and oxygen atoms in total. The molecule has 0 aliphatic carbocycles. The van der Waals surface area contributed by atoms with Crippen molar-refractivity contribution in [3.63, 3.8) is 0 Å². The fourth-order valence-corrected chi connectivity index (χ4v) is 6.47. The van der Waals surface area contributed by atoms with E-state index in [4.69, 9.17) is 11.6 Å². The van der Waals surface area contributed by atoms with Gasteiger partial charge >= 0.3 is 0 Å². The van der Waals surface area contributed by atoms with Crippen LogP contribution in [-0.4, -0.2) is 68.2 Å². The van der Waals surface area contributed by atoms with E-state index in [0.29, 0.717) is 43.6 Å². The highest BCUT2D eigenvalue weighted by atomic mass is 35.5. The first-order chi connectivity index (χ1) is 12.4. The number of hydrogen-bond donors (Lipinski definition) is 0. The molecule has 0 spiro atoms. The number of amides is 1. The second kappa shape index (κ2) is 8.37. The number of sulfonamides is 1. The van der Waals surface area contributed by atoms with Gasteiger partial charge in [-0.25, -0.2) is 8.42 Å². The van der Waals surface area contributed by atoms with Crippen LogP contribution in [0, 0.1) is 0 Å². The predicted octanol–water partition coefficient (Wildman–Crippen LogP) is 2.43. The molecule has 142 valence electrons. The van der Waals surface area contributed by atoms with Gasteiger partial charge in [0, 0.05) is 39.8 Å². The van der Waals surface area contributed by atoms with Crippen molar-refractivity contribution in [2.45, 2.75) is 10.8 Å². The van der Waals surface area contributed by atoms with Crippen LogP contribution < -0.4 is 0 Å². The molecule has 0 atom stereocenters. The first kappa shape index (κ1) is 19.8. The molecule has 0 saturated carbocycles. The number of rotatable bonds is 6. The van der Waals surface area contributed by atoms with Crippen LogP contribution in [0.25, 0.3) is 0 Å². The van der Waals surface area contributed by atoms with Crippen molar-refractivity contribution >= 4 is 50.2 Å². The second-order valence-corrected chi connectivity index (χ2v) is 10.8. The molecule has 0 unspecified atom stereocenters. The van der Waals surface area contributed by atoms with Crippen LogP contribution >= 0.6 is 34.3 Å². The second-order valence-electron chi connectivity index (χ2n) is 6.12. The van der Waals surface area contributed by atoms with Gasteiger partial charge in [-0.05, 0) is 34.5 Å². The minimum atomic E-state index is -3.50. The molecule has 1 aliphatic heterocycles. The summed E-state index contributed by atoms with van der Waals surface area (Å²) in [5.41, 5.74) is 1.12. The number of piperazine rings is 1. The Morgan fingerprint density at radius 3 is 2.54 bits per heavy atom. The molecule has 1 aliphatic rings. The number of likely N-dealkylation sites (N-methyl/N-ethyl adjacent to an activating group) is 1. The number of halogens is 1. The topological polar surface area (TPSA) is 60.9 Å². The summed E-state index contributed by atoms with van der Waals surface area (Å²) in [5.74, 6) is 0.0394. The van der Waals surface area contributed by atoms with E-state index in [0.717, 1.165) is 16.9 Å². The molecule has 1 saturated heterocycles. The van der Waals surface area contributed by atoms with Crippen LogP contribution in [0.1, 0.15) is 5.56 Å². The van der Waals surface area contributed by atoms with E-state index in [1.54, 1.807) is 29.4 Å². The van der Waals surface area contributed by atoms with Crippen molar-refractivity contribution in [3.05, 3.63) is 38.9 Å². The van der Waals surface area contributed by atoms with E-state index < -0.39 is 10.0 Å². The van der Waals surface area contributed by atoms with Gasteiger partial charge in [-0.1, -0.05) is 11.6 Å². The normalized spacial score (nSPS) is 16.7. The van der Waals surface area contributed by atoms with Gasteiger partial charge in [0.25, 0.3) is 10.0 Å². The zero-order valence-corrected chi connectivity index (χ0v) is 17.5. The summed E-state index contributed by atoms with van der Waals surface area (Å²) in [5, 5.41) is 4.03. The van der Waals surface area contributed by atoms with Gasteiger partial charge in [-0.15, -0.1) is 11.3 Å². The zero-order valence-electron chi connectivity index (χ0n) is 14.3. The van der Waals surface area contributed by atoms with Gasteiger partial charge in [-0.2, -0.15) is 15.6 Å². The van der Waals surface area contributed by atoms with Crippen LogP contribution in [0.4, 0.5) is 0 Å². The molecular weight excluding hydrogens is 414 g/mol. The molecule has 0 radical (unpaired) electrons. The quantitative estimate of drug-likeness (QED) is 0.702. The molecule has 0 bridgehead atoms. The van der Waals surface area contributed by atoms with E-state index >= 15 is 0 Å². The molecular formula is C16H20ClN3O3S3. The minimum absolute atomic E-state index is 0.0394. The van der Waals surface area contributed by atoms with Crippen LogP contribution in [0.5, 0.6) is 0 Å². The number of hydrogen-bond acceptors (Lipinski definition) is 6. The van der Waals surface area contributed by atoms with Crippen LogP contribution in [-0.2, 0) is 21.4 Å². The molecule has 2 aromatic heterocycles. The van der Waals surface area contributed by atoms with Crippen LogP contribution in [0.3, 0.4) is 0 Å². The van der Waals surface area contributed by atoms with Crippen molar-refractivity contribution in [3.8, 4) is 0 Å². The van der Waals surface area contributed by atoms with E-state index in [9.17, 15) is 13.2 Å². The van der Waals surface area contributed by atoms with Gasteiger partial charge in [0.05, 0.1) is 10.9 Å². The molecule has 2 aromatic rings. The Balaban J connectivity index is 1.51. The third-order valence-electron chi connectivity index (χ3n) is 4.26. The lowest BCUT2D eigenvalue weighted by atomic mass is 10.3. The molecule has 3 heterocycles. The molecule has 1 fully saturated rings. The zero-order chi connectivity index (χ0) is 18.7. The lowest BCUT2D eigenvalue weighted by Crippen LogP contribution is -2.51. The maximum Gasteiger partial charge on any atom is 0.252 e. The van der Waals surface area contributed by atoms with E-state index in [1.165, 1.54) is 10.4 Å². The fraction of sp³-hybridized carbons (Fsp3) is 0.438. The molecule has 0 aromatic carbocycles. The van der Waals surface area contributed by atoms with Gasteiger partial charge in [0.1, 0.15) is 4.21 Å². The lowest BCUT2D eigenvalue weighted by Gasteiger charge is -2.34. The molecule has 0 N–H and O–H groups in total. The first-order valence-electron chi connectivity index (χ1n) is 8.09. The first-order valence-corrected chi connectivity index (χ1v) is 11.7. The van der Waals surface area contributed by atoms with Crippen LogP contribution in [0.15, 0.2) is 33.2 Å². The summed E-state index contributed by atoms with van der Waals surface area (Å²) in [4.78, 5) is 16.1. The highest BCUT2D eigenvalue weighted by molar-refractivity contribution is 7.91. The SMILES string of the molecule is CN(Cc1ccsc1)C(=O)CN1CCN(S(=O)(=O)c2ccc(Cl)s2)CC1. The number of carbonyl (C=O) groups is 1. The Labute approximate surface area is 166 Å². The summed E-state index contributed by atoms with van der Waals surface area (Å²) >= 11 is 8.53. The smallest absolute Gasteiger partial charge is 0.252 e. The monoisotopic (exact) mass is 433 g/mol. The Bertz CT molecular complexity index is 843. The van der Waals surface area contributed by atoms with Gasteiger partial charge in [-0.3, -0.25) is 9.69 Å². The highest BCUT2D eigenvalue weighted by Gasteiger charge is 2.30. The van der Waals surface area contributed by atoms with Gasteiger partial charge < -0.3 is 4.90 Å². The Morgan fingerprint density at radius 1 is 1.23 bits per heavy atom. The largest absolute Gasteiger partial charge is 0.340 e. The van der Waals surface area contributed by atoms with Crippen LogP contribution in [0.2, 0.25) is 4.34 Å². The minimum Gasteiger partial charge on any atom is -0.340 e. The van der Waals surface area contributed by atoms with Crippen molar-refractivity contribution in [1.29, 1.82) is 0 Å². The Morgan fingerprint density at radius 2 is 1.96 bits per heavy atom. The lowest BCUT2D eigenvalue weighted by molar-refractivity contribution is -0.131. The van der Waals surface area contributed by atoms with Crippen molar-refractivity contribution in [2.75, 3.05) is 39.8 Å². The van der Waals surface area contributed by atoms with E-state index in [-0.39, 0.29) is 10.1 Å². The van der Waals surface area contributed by atoms with Crippen molar-refractivity contribution < 1.29 is 13.2 Å². The fourth-order valence-electron chi connectivity index (χ4n) is 2.75. The van der Waals surface area contributed by atoms with Gasteiger partial charge in [0.2, 0.25) is 5.91 Å². The molecule has 10 heteroatoms. The maximum absolute atomic E-state index is 12.6. The van der Waals surface area contributed by atoms with E-state index in [2.05, 4.69) is 0 Å². The summed E-state index contributed by atoms with van der Waals surface area (Å²) in [6.07, 6.45) is 0. The van der Waals surface area contributed by atoms with Crippen molar-refractivity contribution in [1.82, 2.24) is 14.1 Å². The summed E-state index contributed by atoms with van der Waals surface area (Å²) < 4.78 is 27.4. The van der Waals surface area contributed by atoms with Gasteiger partial charge in [0.15, 0.2) is 0 Å². The highest BCUT2D eigenvalue weighted by Crippen LogP contribution is 2.28. The van der Waals surface area contributed by atoms with Crippen molar-refractivity contribution in [2.24, 2.45) is 0 Å². The Kier molecular flexibility index (Phi) is 6.37. The average molecular weight is 434 g/mol. The summed E-state index contributed by atoms with van der Waals surface area (Å²) in [6.45, 7) is 2.72. The molecule has 1 amide bonds. The standard InChI is InChI=1S/C16H20ClN3O3S3/c1-18(10-13-4-9-24-12-13)15(21)11-19-5-7-20(8-6-19)26(22,23)16-3-2-14(17)25-16/h2-4,9,12H,5-8,10-11H2,1H3. The number of nitrogens with zero attached hydrogens (tertiary/aromatic N) is 3. The average Bonchev–Trinajstić information content (AvgIpc) is 3.27. The third kappa shape index (κ3) is 4.65. The van der Waals surface area contributed by atoms with E-state index in [1.807, 2.05) is 21.7 Å². The summed E-state index contributed by atoms with van der Waals surface area (Å²) in [7, 11) is -1.70. The number of carbonyl (C=O) groups excluding carboxylic acids is 1. The number of thiophene rings is 2.